The van der Waals surface area contributed by atoms with Gasteiger partial charge in [0.05, 0.1) is 30.2 Å². The van der Waals surface area contributed by atoms with E-state index in [0.29, 0.717) is 5.56 Å². The zero-order valence-electron chi connectivity index (χ0n) is 10.8. The predicted molar refractivity (Wildman–Crippen MR) is 72.0 cm³/mol. The highest BCUT2D eigenvalue weighted by atomic mass is 32.2. The van der Waals surface area contributed by atoms with Crippen LogP contribution in [0.4, 0.5) is 5.69 Å². The van der Waals surface area contributed by atoms with E-state index in [1.54, 1.807) is 0 Å². The molecule has 1 rings (SSSR count). The maximum atomic E-state index is 11.8. The second kappa shape index (κ2) is 6.77. The summed E-state index contributed by atoms with van der Waals surface area (Å²) < 4.78 is 30.9. The molecular weight excluding hydrogens is 284 g/mol. The number of hydrogen-bond donors (Lipinski definition) is 2. The smallest absolute Gasteiger partial charge is 0.303 e. The molecule has 0 spiro atoms. The Morgan fingerprint density at radius 3 is 2.75 bits per heavy atom. The largest absolute Gasteiger partial charge is 0.495 e. The first-order chi connectivity index (χ1) is 9.38. The number of nitrogens with one attached hydrogen (secondary N) is 1. The van der Waals surface area contributed by atoms with E-state index in [4.69, 9.17) is 15.1 Å². The summed E-state index contributed by atoms with van der Waals surface area (Å²) in [5.74, 6) is -1.12. The molecule has 7 nitrogen and oxygen atoms in total. The molecule has 0 amide bonds. The van der Waals surface area contributed by atoms with Gasteiger partial charge in [-0.3, -0.25) is 9.52 Å². The van der Waals surface area contributed by atoms with Crippen LogP contribution in [0.15, 0.2) is 18.2 Å². The minimum atomic E-state index is -3.66. The zero-order chi connectivity index (χ0) is 15.2. The van der Waals surface area contributed by atoms with Crippen molar-refractivity contribution in [3.63, 3.8) is 0 Å². The monoisotopic (exact) mass is 298 g/mol. The van der Waals surface area contributed by atoms with Crippen molar-refractivity contribution in [3.05, 3.63) is 23.8 Å². The Hall–Kier alpha value is -2.27. The molecule has 0 fully saturated rings. The van der Waals surface area contributed by atoms with Gasteiger partial charge < -0.3 is 9.84 Å². The lowest BCUT2D eigenvalue weighted by molar-refractivity contribution is -0.137. The van der Waals surface area contributed by atoms with Crippen LogP contribution in [0.3, 0.4) is 0 Å². The second-order valence-corrected chi connectivity index (χ2v) is 5.79. The van der Waals surface area contributed by atoms with E-state index in [2.05, 4.69) is 4.72 Å². The number of aliphatic carboxylic acids is 1. The predicted octanol–water partition coefficient (Wildman–Crippen LogP) is 1.17. The summed E-state index contributed by atoms with van der Waals surface area (Å²) in [6.07, 6.45) is -0.200. The van der Waals surface area contributed by atoms with E-state index in [0.717, 1.165) is 0 Å². The standard InChI is InChI=1S/C12H14N2O5S/c1-19-11-7-9(8-13)4-5-10(11)14-20(17,18)6-2-3-12(15)16/h4-5,7,14H,2-3,6H2,1H3,(H,15,16). The molecule has 0 saturated heterocycles. The first-order valence-electron chi connectivity index (χ1n) is 5.68. The maximum Gasteiger partial charge on any atom is 0.303 e. The third-order valence-corrected chi connectivity index (χ3v) is 3.76. The fourth-order valence-corrected chi connectivity index (χ4v) is 2.61. The summed E-state index contributed by atoms with van der Waals surface area (Å²) in [5.41, 5.74) is 0.553. The van der Waals surface area contributed by atoms with E-state index < -0.39 is 16.0 Å². The van der Waals surface area contributed by atoms with Crippen molar-refractivity contribution < 1.29 is 23.1 Å². The van der Waals surface area contributed by atoms with Gasteiger partial charge in [0.25, 0.3) is 0 Å². The van der Waals surface area contributed by atoms with E-state index in [9.17, 15) is 13.2 Å². The summed E-state index contributed by atoms with van der Waals surface area (Å²) in [7, 11) is -2.30. The maximum absolute atomic E-state index is 11.8. The Balaban J connectivity index is 2.82. The van der Waals surface area contributed by atoms with Gasteiger partial charge in [-0.2, -0.15) is 5.26 Å². The van der Waals surface area contributed by atoms with E-state index in [-0.39, 0.29) is 30.0 Å². The summed E-state index contributed by atoms with van der Waals surface area (Å²) >= 11 is 0. The van der Waals surface area contributed by atoms with Crippen molar-refractivity contribution in [2.45, 2.75) is 12.8 Å². The topological polar surface area (TPSA) is 116 Å². The average molecular weight is 298 g/mol. The van der Waals surface area contributed by atoms with Gasteiger partial charge in [0.15, 0.2) is 0 Å². The number of anilines is 1. The minimum absolute atomic E-state index is 0.0171. The number of benzene rings is 1. The van der Waals surface area contributed by atoms with Crippen molar-refractivity contribution in [1.82, 2.24) is 0 Å². The summed E-state index contributed by atoms with van der Waals surface area (Å²) in [6.45, 7) is 0. The molecule has 0 unspecified atom stereocenters. The molecule has 0 radical (unpaired) electrons. The molecule has 0 aliphatic rings. The highest BCUT2D eigenvalue weighted by Crippen LogP contribution is 2.26. The van der Waals surface area contributed by atoms with Crippen LogP contribution in [0.2, 0.25) is 0 Å². The summed E-state index contributed by atoms with van der Waals surface area (Å²) in [4.78, 5) is 10.3. The zero-order valence-corrected chi connectivity index (χ0v) is 11.6. The lowest BCUT2D eigenvalue weighted by atomic mass is 10.2. The second-order valence-electron chi connectivity index (χ2n) is 3.95. The van der Waals surface area contributed by atoms with Gasteiger partial charge in [-0.25, -0.2) is 8.42 Å². The van der Waals surface area contributed by atoms with Crippen LogP contribution >= 0.6 is 0 Å². The highest BCUT2D eigenvalue weighted by molar-refractivity contribution is 7.92. The van der Waals surface area contributed by atoms with Crippen molar-refractivity contribution in [2.24, 2.45) is 0 Å². The molecule has 2 N–H and O–H groups in total. The lowest BCUT2D eigenvalue weighted by Gasteiger charge is -2.11. The lowest BCUT2D eigenvalue weighted by Crippen LogP contribution is -2.18. The molecule has 0 bridgehead atoms. The van der Waals surface area contributed by atoms with Crippen molar-refractivity contribution in [3.8, 4) is 11.8 Å². The molecule has 108 valence electrons. The Labute approximate surface area is 116 Å². The fraction of sp³-hybridized carbons (Fsp3) is 0.333. The summed E-state index contributed by atoms with van der Waals surface area (Å²) in [5, 5.41) is 17.2. The number of rotatable bonds is 7. The highest BCUT2D eigenvalue weighted by Gasteiger charge is 2.14. The van der Waals surface area contributed by atoms with Gasteiger partial charge >= 0.3 is 5.97 Å². The number of carbonyl (C=O) groups is 1. The van der Waals surface area contributed by atoms with Crippen LogP contribution in [0.25, 0.3) is 0 Å². The van der Waals surface area contributed by atoms with Crippen molar-refractivity contribution >= 4 is 21.7 Å². The number of sulfonamides is 1. The number of methoxy groups -OCH3 is 1. The number of hydrogen-bond acceptors (Lipinski definition) is 5. The molecule has 8 heteroatoms. The van der Waals surface area contributed by atoms with Crippen LogP contribution in [0, 0.1) is 11.3 Å². The molecule has 0 aliphatic heterocycles. The van der Waals surface area contributed by atoms with Gasteiger partial charge in [-0.05, 0) is 18.6 Å². The Kier molecular flexibility index (Phi) is 5.34. The van der Waals surface area contributed by atoms with Gasteiger partial charge in [-0.15, -0.1) is 0 Å². The molecule has 20 heavy (non-hydrogen) atoms. The van der Waals surface area contributed by atoms with Gasteiger partial charge in [0.1, 0.15) is 5.75 Å². The molecule has 1 aromatic rings. The van der Waals surface area contributed by atoms with Crippen molar-refractivity contribution in [2.75, 3.05) is 17.6 Å². The third-order valence-electron chi connectivity index (χ3n) is 2.40. The molecular formula is C12H14N2O5S. The molecule has 0 aliphatic carbocycles. The average Bonchev–Trinajstić information content (AvgIpc) is 2.38. The number of nitriles is 1. The molecule has 1 aromatic carbocycles. The van der Waals surface area contributed by atoms with Gasteiger partial charge in [-0.1, -0.05) is 0 Å². The normalized spacial score (nSPS) is 10.6. The Morgan fingerprint density at radius 1 is 1.50 bits per heavy atom. The van der Waals surface area contributed by atoms with Gasteiger partial charge in [0, 0.05) is 12.5 Å². The number of carboxylic acid groups (broad SMARTS) is 1. The Morgan fingerprint density at radius 2 is 2.20 bits per heavy atom. The van der Waals surface area contributed by atoms with E-state index in [1.807, 2.05) is 6.07 Å². The van der Waals surface area contributed by atoms with Crippen LogP contribution in [0.1, 0.15) is 18.4 Å². The van der Waals surface area contributed by atoms with Crippen LogP contribution in [0.5, 0.6) is 5.75 Å². The molecule has 0 atom stereocenters. The first kappa shape index (κ1) is 15.8. The fourth-order valence-electron chi connectivity index (χ4n) is 1.48. The number of ether oxygens (including phenoxy) is 1. The number of nitrogens with zero attached hydrogens (tertiary/aromatic N) is 1. The quantitative estimate of drug-likeness (QED) is 0.780. The third kappa shape index (κ3) is 4.78. The van der Waals surface area contributed by atoms with Crippen LogP contribution in [-0.4, -0.2) is 32.4 Å². The molecule has 0 aromatic heterocycles. The Bertz CT molecular complexity index is 634. The van der Waals surface area contributed by atoms with E-state index >= 15 is 0 Å². The van der Waals surface area contributed by atoms with Gasteiger partial charge in [0.2, 0.25) is 10.0 Å². The van der Waals surface area contributed by atoms with E-state index in [1.165, 1.54) is 25.3 Å². The van der Waals surface area contributed by atoms with Crippen LogP contribution in [-0.2, 0) is 14.8 Å². The molecule has 0 saturated carbocycles. The van der Waals surface area contributed by atoms with Crippen LogP contribution < -0.4 is 9.46 Å². The minimum Gasteiger partial charge on any atom is -0.495 e. The first-order valence-corrected chi connectivity index (χ1v) is 7.33. The van der Waals surface area contributed by atoms with Crippen molar-refractivity contribution in [1.29, 1.82) is 5.26 Å². The number of carboxylic acids is 1. The SMILES string of the molecule is COc1cc(C#N)ccc1NS(=O)(=O)CCCC(=O)O. The summed E-state index contributed by atoms with van der Waals surface area (Å²) in [6, 6.07) is 6.21. The molecule has 0 heterocycles.